The van der Waals surface area contributed by atoms with Gasteiger partial charge in [-0.15, -0.1) is 0 Å². The van der Waals surface area contributed by atoms with Gasteiger partial charge < -0.3 is 5.11 Å². The molecular weight excluding hydrogens is 496 g/mol. The molecule has 1 atom stereocenters. The van der Waals surface area contributed by atoms with Crippen LogP contribution in [0.4, 0.5) is 0 Å². The van der Waals surface area contributed by atoms with Crippen LogP contribution >= 0.6 is 0 Å². The number of rotatable bonds is 10. The van der Waals surface area contributed by atoms with E-state index in [0.29, 0.717) is 0 Å². The van der Waals surface area contributed by atoms with Gasteiger partial charge in [-0.2, -0.15) is 0 Å². The first-order valence-corrected chi connectivity index (χ1v) is 14.8. The molecule has 0 saturated heterocycles. The molecule has 1 aliphatic rings. The van der Waals surface area contributed by atoms with E-state index in [4.69, 9.17) is 0 Å². The molecule has 0 saturated carbocycles. The Bertz CT molecular complexity index is 1370. The summed E-state index contributed by atoms with van der Waals surface area (Å²) in [5.41, 5.74) is 12.8. The summed E-state index contributed by atoms with van der Waals surface area (Å²) >= 11 is 0. The fourth-order valence-corrected chi connectivity index (χ4v) is 5.18. The molecule has 0 aromatic heterocycles. The van der Waals surface area contributed by atoms with Crippen LogP contribution in [0.25, 0.3) is 6.08 Å². The standard InChI is InChI=1S/C40H52O/c1-29(17-13-19-31(3)21-25-38-34(6)24-23-33(5)36(38)8)15-11-12-16-30(2)18-14-20-32(4)22-26-39-35(7)27-37(41)28-40(39,9)10/h11-26,37,41H,27-28H2,1-10H3/t37-/m1/s1. The summed E-state index contributed by atoms with van der Waals surface area (Å²) < 4.78 is 0. The number of benzene rings is 1. The summed E-state index contributed by atoms with van der Waals surface area (Å²) in [5.74, 6) is 0. The van der Waals surface area contributed by atoms with Gasteiger partial charge in [-0.1, -0.05) is 139 Å². The van der Waals surface area contributed by atoms with Crippen molar-refractivity contribution in [2.24, 2.45) is 5.41 Å². The van der Waals surface area contributed by atoms with Crippen LogP contribution in [0.1, 0.15) is 83.6 Å². The topological polar surface area (TPSA) is 20.2 Å². The molecule has 1 aliphatic carbocycles. The quantitative estimate of drug-likeness (QED) is 0.288. The average molecular weight is 549 g/mol. The van der Waals surface area contributed by atoms with E-state index in [-0.39, 0.29) is 11.5 Å². The highest BCUT2D eigenvalue weighted by Gasteiger charge is 2.31. The van der Waals surface area contributed by atoms with Crippen molar-refractivity contribution in [3.63, 3.8) is 0 Å². The molecule has 1 N–H and O–H groups in total. The zero-order valence-electron chi connectivity index (χ0n) is 27.2. The lowest BCUT2D eigenvalue weighted by Gasteiger charge is -2.35. The van der Waals surface area contributed by atoms with Crippen molar-refractivity contribution in [3.05, 3.63) is 147 Å². The van der Waals surface area contributed by atoms with Crippen LogP contribution in [-0.4, -0.2) is 11.2 Å². The zero-order valence-corrected chi connectivity index (χ0v) is 27.2. The van der Waals surface area contributed by atoms with Gasteiger partial charge in [-0.3, -0.25) is 0 Å². The van der Waals surface area contributed by atoms with E-state index in [9.17, 15) is 5.11 Å². The summed E-state index contributed by atoms with van der Waals surface area (Å²) in [6, 6.07) is 4.38. The smallest absolute Gasteiger partial charge is 0.0585 e. The number of aliphatic hydroxyl groups excluding tert-OH is 1. The maximum Gasteiger partial charge on any atom is 0.0585 e. The lowest BCUT2D eigenvalue weighted by molar-refractivity contribution is 0.116. The van der Waals surface area contributed by atoms with Crippen LogP contribution in [-0.2, 0) is 0 Å². The fourth-order valence-electron chi connectivity index (χ4n) is 5.18. The van der Waals surface area contributed by atoms with Gasteiger partial charge in [0.05, 0.1) is 6.10 Å². The molecule has 0 amide bonds. The Balaban J connectivity index is 1.91. The van der Waals surface area contributed by atoms with Gasteiger partial charge in [0.15, 0.2) is 0 Å². The maximum absolute atomic E-state index is 10.1. The maximum atomic E-state index is 10.1. The number of aliphatic hydroxyl groups is 1. The first-order chi connectivity index (χ1) is 19.3. The minimum absolute atomic E-state index is 0.00990. The van der Waals surface area contributed by atoms with Crippen LogP contribution in [0.15, 0.2) is 125 Å². The van der Waals surface area contributed by atoms with Crippen molar-refractivity contribution in [1.82, 2.24) is 0 Å². The second-order valence-corrected chi connectivity index (χ2v) is 12.3. The van der Waals surface area contributed by atoms with Crippen molar-refractivity contribution in [3.8, 4) is 0 Å². The second kappa shape index (κ2) is 16.1. The van der Waals surface area contributed by atoms with Crippen LogP contribution in [0, 0.1) is 26.2 Å². The first-order valence-electron chi connectivity index (χ1n) is 14.8. The Kier molecular flexibility index (Phi) is 13.3. The normalized spacial score (nSPS) is 19.8. The van der Waals surface area contributed by atoms with Crippen LogP contribution in [0.3, 0.4) is 0 Å². The molecule has 41 heavy (non-hydrogen) atoms. The molecule has 2 rings (SSSR count). The van der Waals surface area contributed by atoms with Gasteiger partial charge in [0.2, 0.25) is 0 Å². The van der Waals surface area contributed by atoms with E-state index >= 15 is 0 Å². The highest BCUT2D eigenvalue weighted by Crippen LogP contribution is 2.41. The van der Waals surface area contributed by atoms with Crippen molar-refractivity contribution in [1.29, 1.82) is 0 Å². The highest BCUT2D eigenvalue weighted by atomic mass is 16.3. The van der Waals surface area contributed by atoms with Gasteiger partial charge in [0.1, 0.15) is 0 Å². The predicted octanol–water partition coefficient (Wildman–Crippen LogP) is 11.1. The Hall–Kier alpha value is -3.42. The molecule has 0 bridgehead atoms. The van der Waals surface area contributed by atoms with Crippen LogP contribution < -0.4 is 0 Å². The Morgan fingerprint density at radius 1 is 0.683 bits per heavy atom. The summed E-state index contributed by atoms with van der Waals surface area (Å²) in [6.07, 6.45) is 31.4. The van der Waals surface area contributed by atoms with Crippen LogP contribution in [0.5, 0.6) is 0 Å². The lowest BCUT2D eigenvalue weighted by atomic mass is 9.71. The largest absolute Gasteiger partial charge is 0.393 e. The summed E-state index contributed by atoms with van der Waals surface area (Å²) in [6.45, 7) is 21.6. The zero-order chi connectivity index (χ0) is 30.6. The van der Waals surface area contributed by atoms with E-state index < -0.39 is 0 Å². The molecule has 1 nitrogen and oxygen atoms in total. The second-order valence-electron chi connectivity index (χ2n) is 12.3. The molecule has 0 heterocycles. The van der Waals surface area contributed by atoms with Gasteiger partial charge in [0, 0.05) is 0 Å². The average Bonchev–Trinajstić information content (AvgIpc) is 2.87. The Morgan fingerprint density at radius 3 is 1.68 bits per heavy atom. The monoisotopic (exact) mass is 548 g/mol. The number of allylic oxidation sites excluding steroid dienone is 18. The third kappa shape index (κ3) is 11.5. The number of hydrogen-bond donors (Lipinski definition) is 1. The SMILES string of the molecule is CC(C=CC=C(C)C=CC1=C(C)C[C@@H](O)CC1(C)C)=CC=CC=C(C)C=CC=C(C)C=Cc1c(C)ccc(C)c1C. The van der Waals surface area contributed by atoms with E-state index in [1.807, 2.05) is 0 Å². The molecule has 218 valence electrons. The van der Waals surface area contributed by atoms with E-state index in [1.54, 1.807) is 0 Å². The third-order valence-electron chi connectivity index (χ3n) is 7.77. The molecular formula is C40H52O. The van der Waals surface area contributed by atoms with Crippen molar-refractivity contribution >= 4 is 6.08 Å². The van der Waals surface area contributed by atoms with Gasteiger partial charge in [0.25, 0.3) is 0 Å². The summed E-state index contributed by atoms with van der Waals surface area (Å²) in [4.78, 5) is 0. The predicted molar refractivity (Wildman–Crippen MR) is 183 cm³/mol. The van der Waals surface area contributed by atoms with Crippen molar-refractivity contribution in [2.45, 2.75) is 88.2 Å². The third-order valence-corrected chi connectivity index (χ3v) is 7.77. The van der Waals surface area contributed by atoms with Gasteiger partial charge in [-0.05, 0) is 101 Å². The summed E-state index contributed by atoms with van der Waals surface area (Å²) in [5, 5.41) is 10.1. The van der Waals surface area contributed by atoms with Crippen LogP contribution in [0.2, 0.25) is 0 Å². The highest BCUT2D eigenvalue weighted by molar-refractivity contribution is 5.61. The van der Waals surface area contributed by atoms with Gasteiger partial charge in [-0.25, -0.2) is 0 Å². The van der Waals surface area contributed by atoms with E-state index in [1.165, 1.54) is 55.7 Å². The minimum Gasteiger partial charge on any atom is -0.393 e. The Morgan fingerprint density at radius 2 is 1.15 bits per heavy atom. The number of aryl methyl sites for hydroxylation is 2. The molecule has 1 aromatic rings. The molecule has 0 aliphatic heterocycles. The fraction of sp³-hybridized carbons (Fsp3) is 0.350. The van der Waals surface area contributed by atoms with E-state index in [0.717, 1.165) is 12.8 Å². The first kappa shape index (κ1) is 33.8. The van der Waals surface area contributed by atoms with Crippen molar-refractivity contribution in [2.75, 3.05) is 0 Å². The minimum atomic E-state index is -0.223. The number of hydrogen-bond acceptors (Lipinski definition) is 1. The van der Waals surface area contributed by atoms with Crippen molar-refractivity contribution < 1.29 is 5.11 Å². The Labute approximate surface area is 251 Å². The molecule has 1 heteroatoms. The molecule has 0 fully saturated rings. The van der Waals surface area contributed by atoms with E-state index in [2.05, 4.69) is 166 Å². The molecule has 0 unspecified atom stereocenters. The lowest BCUT2D eigenvalue weighted by Crippen LogP contribution is -2.28. The molecule has 1 aromatic carbocycles. The summed E-state index contributed by atoms with van der Waals surface area (Å²) in [7, 11) is 0. The molecule has 0 spiro atoms. The van der Waals surface area contributed by atoms with Gasteiger partial charge >= 0.3 is 0 Å². The molecule has 0 radical (unpaired) electrons.